The maximum atomic E-state index is 13.5. The van der Waals surface area contributed by atoms with Gasteiger partial charge in [-0.1, -0.05) is 15.9 Å². The van der Waals surface area contributed by atoms with Crippen LogP contribution >= 0.6 is 15.9 Å². The molecule has 0 amide bonds. The molecule has 2 nitrogen and oxygen atoms in total. The molecule has 2 aromatic rings. The Morgan fingerprint density at radius 3 is 2.57 bits per heavy atom. The first kappa shape index (κ1) is 15.9. The highest BCUT2D eigenvalue weighted by Gasteiger charge is 2.07. The zero-order valence-corrected chi connectivity index (χ0v) is 13.2. The third-order valence-electron chi connectivity index (χ3n) is 2.97. The van der Waals surface area contributed by atoms with Crippen molar-refractivity contribution in [3.8, 4) is 5.75 Å². The first-order valence-corrected chi connectivity index (χ1v) is 7.35. The van der Waals surface area contributed by atoms with Crippen LogP contribution in [0.25, 0.3) is 0 Å². The molecule has 112 valence electrons. The van der Waals surface area contributed by atoms with Crippen LogP contribution in [0.4, 0.5) is 8.78 Å². The summed E-state index contributed by atoms with van der Waals surface area (Å²) in [5, 5.41) is 0. The maximum Gasteiger partial charge on any atom is 0.132 e. The van der Waals surface area contributed by atoms with E-state index in [4.69, 9.17) is 10.5 Å². The minimum atomic E-state index is -0.608. The molecule has 0 aliphatic heterocycles. The second-order valence-corrected chi connectivity index (χ2v) is 5.81. The van der Waals surface area contributed by atoms with Crippen LogP contribution in [0.1, 0.15) is 18.1 Å². The molecule has 0 bridgehead atoms. The summed E-state index contributed by atoms with van der Waals surface area (Å²) in [4.78, 5) is 0. The molecule has 0 aromatic heterocycles. The van der Waals surface area contributed by atoms with Crippen molar-refractivity contribution in [1.82, 2.24) is 0 Å². The molecule has 0 aliphatic carbocycles. The van der Waals surface area contributed by atoms with Crippen LogP contribution in [0.3, 0.4) is 0 Å². The first-order chi connectivity index (χ1) is 9.95. The summed E-state index contributed by atoms with van der Waals surface area (Å²) in [6, 6.07) is 9.00. The van der Waals surface area contributed by atoms with E-state index in [9.17, 15) is 8.78 Å². The van der Waals surface area contributed by atoms with Gasteiger partial charge in [0, 0.05) is 22.1 Å². The molecule has 2 N–H and O–H groups in total. The van der Waals surface area contributed by atoms with Crippen molar-refractivity contribution in [2.45, 2.75) is 26.0 Å². The minimum absolute atomic E-state index is 0.0334. The second kappa shape index (κ2) is 7.00. The highest BCUT2D eigenvalue weighted by molar-refractivity contribution is 9.10. The Hall–Kier alpha value is -1.46. The number of hydrogen-bond donors (Lipinski definition) is 1. The van der Waals surface area contributed by atoms with Crippen LogP contribution in [0, 0.1) is 11.6 Å². The molecule has 0 heterocycles. The van der Waals surface area contributed by atoms with Crippen molar-refractivity contribution in [1.29, 1.82) is 0 Å². The fraction of sp³-hybridized carbons (Fsp3) is 0.250. The lowest BCUT2D eigenvalue weighted by molar-refractivity contribution is 0.299. The van der Waals surface area contributed by atoms with Gasteiger partial charge in [-0.2, -0.15) is 0 Å². The molecule has 5 heteroatoms. The summed E-state index contributed by atoms with van der Waals surface area (Å²) < 4.78 is 32.9. The molecular weight excluding hydrogens is 340 g/mol. The van der Waals surface area contributed by atoms with E-state index < -0.39 is 11.6 Å². The van der Waals surface area contributed by atoms with Gasteiger partial charge in [0.05, 0.1) is 0 Å². The van der Waals surface area contributed by atoms with Gasteiger partial charge in [-0.3, -0.25) is 0 Å². The minimum Gasteiger partial charge on any atom is -0.489 e. The van der Waals surface area contributed by atoms with Gasteiger partial charge in [0.2, 0.25) is 0 Å². The third-order valence-corrected chi connectivity index (χ3v) is 3.74. The average molecular weight is 356 g/mol. The van der Waals surface area contributed by atoms with E-state index in [1.54, 1.807) is 6.07 Å². The lowest BCUT2D eigenvalue weighted by Gasteiger charge is -2.12. The number of ether oxygens (including phenoxy) is 1. The highest BCUT2D eigenvalue weighted by Crippen LogP contribution is 2.24. The Balaban J connectivity index is 2.09. The van der Waals surface area contributed by atoms with E-state index >= 15 is 0 Å². The number of rotatable bonds is 5. The van der Waals surface area contributed by atoms with Crippen molar-refractivity contribution < 1.29 is 13.5 Å². The lowest BCUT2D eigenvalue weighted by atomic mass is 10.1. The zero-order chi connectivity index (χ0) is 15.4. The van der Waals surface area contributed by atoms with Crippen molar-refractivity contribution in [3.63, 3.8) is 0 Å². The monoisotopic (exact) mass is 355 g/mol. The van der Waals surface area contributed by atoms with Crippen LogP contribution in [0.2, 0.25) is 0 Å². The van der Waals surface area contributed by atoms with Crippen LogP contribution in [-0.4, -0.2) is 6.04 Å². The summed E-state index contributed by atoms with van der Waals surface area (Å²) in [5.74, 6) is -0.584. The van der Waals surface area contributed by atoms with Gasteiger partial charge in [0.15, 0.2) is 0 Å². The Labute approximate surface area is 131 Å². The van der Waals surface area contributed by atoms with Crippen molar-refractivity contribution in [2.24, 2.45) is 5.73 Å². The molecule has 1 unspecified atom stereocenters. The van der Waals surface area contributed by atoms with Crippen LogP contribution in [0.5, 0.6) is 5.75 Å². The second-order valence-electron chi connectivity index (χ2n) is 4.96. The predicted molar refractivity (Wildman–Crippen MR) is 82.2 cm³/mol. The third kappa shape index (κ3) is 4.51. The highest BCUT2D eigenvalue weighted by atomic mass is 79.9. The zero-order valence-electron chi connectivity index (χ0n) is 11.6. The van der Waals surface area contributed by atoms with E-state index in [1.165, 1.54) is 12.1 Å². The Kier molecular flexibility index (Phi) is 5.31. The standard InChI is InChI=1S/C16H16BrF2NO/c1-10(20)6-12-7-14(4-5-15(12)17)21-9-11-2-3-13(18)8-16(11)19/h2-5,7-8,10H,6,9,20H2,1H3. The van der Waals surface area contributed by atoms with Crippen molar-refractivity contribution in [3.05, 3.63) is 63.6 Å². The van der Waals surface area contributed by atoms with E-state index in [-0.39, 0.29) is 12.6 Å². The number of nitrogens with two attached hydrogens (primary N) is 1. The van der Waals surface area contributed by atoms with E-state index in [0.29, 0.717) is 17.7 Å². The lowest BCUT2D eigenvalue weighted by Crippen LogP contribution is -2.18. The fourth-order valence-electron chi connectivity index (χ4n) is 1.94. The molecule has 0 radical (unpaired) electrons. The van der Waals surface area contributed by atoms with E-state index in [1.807, 2.05) is 19.1 Å². The normalized spacial score (nSPS) is 12.2. The van der Waals surface area contributed by atoms with Crippen LogP contribution in [0.15, 0.2) is 40.9 Å². The van der Waals surface area contributed by atoms with Gasteiger partial charge in [0.1, 0.15) is 24.0 Å². The summed E-state index contributed by atoms with van der Waals surface area (Å²) in [7, 11) is 0. The van der Waals surface area contributed by atoms with Gasteiger partial charge in [-0.15, -0.1) is 0 Å². The van der Waals surface area contributed by atoms with Gasteiger partial charge < -0.3 is 10.5 Å². The quantitative estimate of drug-likeness (QED) is 0.872. The molecule has 0 spiro atoms. The predicted octanol–water partition coefficient (Wildman–Crippen LogP) is 4.20. The molecule has 2 aromatic carbocycles. The largest absolute Gasteiger partial charge is 0.489 e. The smallest absolute Gasteiger partial charge is 0.132 e. The van der Waals surface area contributed by atoms with Crippen LogP contribution in [-0.2, 0) is 13.0 Å². The molecule has 21 heavy (non-hydrogen) atoms. The SMILES string of the molecule is CC(N)Cc1cc(OCc2ccc(F)cc2F)ccc1Br. The molecule has 0 fully saturated rings. The Morgan fingerprint density at radius 2 is 1.90 bits per heavy atom. The molecule has 0 saturated heterocycles. The Morgan fingerprint density at radius 1 is 1.14 bits per heavy atom. The topological polar surface area (TPSA) is 35.2 Å². The summed E-state index contributed by atoms with van der Waals surface area (Å²) >= 11 is 3.46. The molecule has 0 aliphatic rings. The van der Waals surface area contributed by atoms with Gasteiger partial charge >= 0.3 is 0 Å². The number of benzene rings is 2. The van der Waals surface area contributed by atoms with Gasteiger partial charge in [0.25, 0.3) is 0 Å². The van der Waals surface area contributed by atoms with E-state index in [0.717, 1.165) is 16.1 Å². The van der Waals surface area contributed by atoms with E-state index in [2.05, 4.69) is 15.9 Å². The molecule has 2 rings (SSSR count). The van der Waals surface area contributed by atoms with Crippen molar-refractivity contribution in [2.75, 3.05) is 0 Å². The molecule has 1 atom stereocenters. The number of hydrogen-bond acceptors (Lipinski definition) is 2. The summed E-state index contributed by atoms with van der Waals surface area (Å²) in [5.41, 5.74) is 7.14. The van der Waals surface area contributed by atoms with Gasteiger partial charge in [-0.05, 0) is 49.2 Å². The van der Waals surface area contributed by atoms with Gasteiger partial charge in [-0.25, -0.2) is 8.78 Å². The van der Waals surface area contributed by atoms with Crippen molar-refractivity contribution >= 4 is 15.9 Å². The van der Waals surface area contributed by atoms with Crippen LogP contribution < -0.4 is 10.5 Å². The fourth-order valence-corrected chi connectivity index (χ4v) is 2.35. The molecular formula is C16H16BrF2NO. The first-order valence-electron chi connectivity index (χ1n) is 6.56. The number of halogens is 3. The molecule has 0 saturated carbocycles. The average Bonchev–Trinajstić information content (AvgIpc) is 2.40. The summed E-state index contributed by atoms with van der Waals surface area (Å²) in [6.45, 7) is 1.97. The Bertz CT molecular complexity index is 632. The summed E-state index contributed by atoms with van der Waals surface area (Å²) in [6.07, 6.45) is 0.711. The maximum absolute atomic E-state index is 13.5.